The molecule has 1 amide bonds. The van der Waals surface area contributed by atoms with Gasteiger partial charge in [-0.15, -0.1) is 13.2 Å². The van der Waals surface area contributed by atoms with E-state index in [1.54, 1.807) is 13.8 Å². The predicted octanol–water partition coefficient (Wildman–Crippen LogP) is 2.45. The Kier molecular flexibility index (Phi) is 6.00. The molecule has 0 spiro atoms. The average molecular weight is 375 g/mol. The second kappa shape index (κ2) is 7.69. The van der Waals surface area contributed by atoms with Gasteiger partial charge in [0.25, 0.3) is 5.88 Å². The summed E-state index contributed by atoms with van der Waals surface area (Å²) >= 11 is 0. The van der Waals surface area contributed by atoms with E-state index in [1.165, 1.54) is 12.3 Å². The Morgan fingerprint density at radius 3 is 2.65 bits per heavy atom. The van der Waals surface area contributed by atoms with Gasteiger partial charge in [0.15, 0.2) is 5.75 Å². The number of aromatic nitrogens is 1. The molecule has 0 aromatic carbocycles. The number of alkyl halides is 3. The molecule has 146 valence electrons. The molecule has 2 unspecified atom stereocenters. The van der Waals surface area contributed by atoms with E-state index in [4.69, 9.17) is 4.74 Å². The second-order valence-corrected chi connectivity index (χ2v) is 7.31. The van der Waals surface area contributed by atoms with Crippen LogP contribution in [-0.4, -0.2) is 54.9 Å². The van der Waals surface area contributed by atoms with Crippen LogP contribution in [-0.2, 0) is 4.79 Å². The zero-order valence-corrected chi connectivity index (χ0v) is 15.3. The first-order valence-corrected chi connectivity index (χ1v) is 8.31. The fourth-order valence-corrected chi connectivity index (χ4v) is 2.76. The molecular formula is C17H24F3N3O3. The van der Waals surface area contributed by atoms with Crippen LogP contribution in [0.3, 0.4) is 0 Å². The zero-order valence-electron chi connectivity index (χ0n) is 15.3. The fourth-order valence-electron chi connectivity index (χ4n) is 2.76. The largest absolute Gasteiger partial charge is 0.573 e. The number of carbonyl (C=O) groups excluding carboxylic acids is 1. The molecule has 1 aliphatic heterocycles. The molecule has 6 nitrogen and oxygen atoms in total. The van der Waals surface area contributed by atoms with Gasteiger partial charge in [0.1, 0.15) is 6.61 Å². The molecule has 1 aromatic heterocycles. The van der Waals surface area contributed by atoms with Crippen molar-refractivity contribution in [1.29, 1.82) is 0 Å². The maximum atomic E-state index is 12.6. The van der Waals surface area contributed by atoms with Gasteiger partial charge >= 0.3 is 6.36 Å². The number of halogens is 3. The number of nitrogens with one attached hydrogen (secondary N) is 1. The monoisotopic (exact) mass is 375 g/mol. The number of carbonyl (C=O) groups is 1. The number of likely N-dealkylation sites (tertiary alicyclic amines) is 1. The van der Waals surface area contributed by atoms with Crippen molar-refractivity contribution in [3.05, 3.63) is 18.3 Å². The van der Waals surface area contributed by atoms with Crippen molar-refractivity contribution < 1.29 is 27.4 Å². The van der Waals surface area contributed by atoms with Crippen LogP contribution in [0.15, 0.2) is 18.3 Å². The SMILES string of the molecule is CC1CN(C)CC1NC(=O)C(C)(C)COc1ncccc1OC(F)(F)F. The molecule has 9 heteroatoms. The Bertz CT molecular complexity index is 637. The molecular weight excluding hydrogens is 351 g/mol. The van der Waals surface area contributed by atoms with E-state index >= 15 is 0 Å². The number of hydrogen-bond donors (Lipinski definition) is 1. The lowest BCUT2D eigenvalue weighted by Gasteiger charge is -2.27. The molecule has 26 heavy (non-hydrogen) atoms. The van der Waals surface area contributed by atoms with E-state index in [1.807, 2.05) is 7.05 Å². The summed E-state index contributed by atoms with van der Waals surface area (Å²) in [4.78, 5) is 18.5. The molecule has 2 rings (SSSR count). The van der Waals surface area contributed by atoms with E-state index < -0.39 is 17.5 Å². The molecule has 0 radical (unpaired) electrons. The number of hydrogen-bond acceptors (Lipinski definition) is 5. The van der Waals surface area contributed by atoms with Crippen LogP contribution in [0.4, 0.5) is 13.2 Å². The third kappa shape index (κ3) is 5.48. The van der Waals surface area contributed by atoms with Gasteiger partial charge in [0, 0.05) is 25.3 Å². The maximum Gasteiger partial charge on any atom is 0.573 e. The first kappa shape index (κ1) is 20.3. The smallest absolute Gasteiger partial charge is 0.474 e. The summed E-state index contributed by atoms with van der Waals surface area (Å²) < 4.78 is 46.6. The Balaban J connectivity index is 1.98. The van der Waals surface area contributed by atoms with Crippen molar-refractivity contribution in [2.45, 2.75) is 33.2 Å². The van der Waals surface area contributed by atoms with E-state index in [0.717, 1.165) is 19.2 Å². The van der Waals surface area contributed by atoms with E-state index in [0.29, 0.717) is 5.92 Å². The third-order valence-corrected chi connectivity index (χ3v) is 4.26. The van der Waals surface area contributed by atoms with Gasteiger partial charge in [0.05, 0.1) is 5.41 Å². The van der Waals surface area contributed by atoms with Crippen molar-refractivity contribution in [1.82, 2.24) is 15.2 Å². The van der Waals surface area contributed by atoms with Crippen molar-refractivity contribution >= 4 is 5.91 Å². The zero-order chi connectivity index (χ0) is 19.5. The summed E-state index contributed by atoms with van der Waals surface area (Å²) in [7, 11) is 1.99. The number of amides is 1. The van der Waals surface area contributed by atoms with Crippen molar-refractivity contribution in [3.8, 4) is 11.6 Å². The highest BCUT2D eigenvalue weighted by atomic mass is 19.4. The predicted molar refractivity (Wildman–Crippen MR) is 88.8 cm³/mol. The van der Waals surface area contributed by atoms with Gasteiger partial charge in [-0.2, -0.15) is 0 Å². The van der Waals surface area contributed by atoms with Crippen LogP contribution in [0, 0.1) is 11.3 Å². The van der Waals surface area contributed by atoms with Crippen LogP contribution in [0.1, 0.15) is 20.8 Å². The summed E-state index contributed by atoms with van der Waals surface area (Å²) in [6.45, 7) is 6.91. The average Bonchev–Trinajstić information content (AvgIpc) is 2.82. The minimum atomic E-state index is -4.85. The molecule has 1 saturated heterocycles. The lowest BCUT2D eigenvalue weighted by Crippen LogP contribution is -2.48. The molecule has 1 aromatic rings. The standard InChI is InChI=1S/C17H24F3N3O3/c1-11-8-23(4)9-12(11)22-15(24)16(2,3)10-25-14-13(6-5-7-21-14)26-17(18,19)20/h5-7,11-12H,8-10H2,1-4H3,(H,22,24). The van der Waals surface area contributed by atoms with Gasteiger partial charge in [-0.3, -0.25) is 4.79 Å². The van der Waals surface area contributed by atoms with Gasteiger partial charge in [-0.05, 0) is 38.9 Å². The second-order valence-electron chi connectivity index (χ2n) is 7.31. The molecule has 0 bridgehead atoms. The molecule has 0 saturated carbocycles. The van der Waals surface area contributed by atoms with Crippen LogP contribution in [0.5, 0.6) is 11.6 Å². The van der Waals surface area contributed by atoms with Crippen LogP contribution >= 0.6 is 0 Å². The topological polar surface area (TPSA) is 63.7 Å². The lowest BCUT2D eigenvalue weighted by molar-refractivity contribution is -0.275. The Morgan fingerprint density at radius 2 is 2.08 bits per heavy atom. The highest BCUT2D eigenvalue weighted by Crippen LogP contribution is 2.31. The number of nitrogens with zero attached hydrogens (tertiary/aromatic N) is 2. The summed E-state index contributed by atoms with van der Waals surface area (Å²) in [6, 6.07) is 2.45. The minimum Gasteiger partial charge on any atom is -0.474 e. The van der Waals surface area contributed by atoms with Crippen molar-refractivity contribution in [2.75, 3.05) is 26.7 Å². The Labute approximate surface area is 150 Å². The molecule has 1 fully saturated rings. The summed E-state index contributed by atoms with van der Waals surface area (Å²) in [5, 5.41) is 3.00. The normalized spacial score (nSPS) is 21.5. The quantitative estimate of drug-likeness (QED) is 0.828. The molecule has 0 aliphatic carbocycles. The van der Waals surface area contributed by atoms with Gasteiger partial charge in [0.2, 0.25) is 5.91 Å². The first-order valence-electron chi connectivity index (χ1n) is 8.31. The van der Waals surface area contributed by atoms with E-state index in [9.17, 15) is 18.0 Å². The van der Waals surface area contributed by atoms with Gasteiger partial charge < -0.3 is 19.7 Å². The number of rotatable bonds is 6. The third-order valence-electron chi connectivity index (χ3n) is 4.26. The number of pyridine rings is 1. The number of likely N-dealkylation sites (N-methyl/N-ethyl adjacent to an activating group) is 1. The summed E-state index contributed by atoms with van der Waals surface area (Å²) in [5.41, 5.74) is -0.950. The Morgan fingerprint density at radius 1 is 1.38 bits per heavy atom. The van der Waals surface area contributed by atoms with Crippen molar-refractivity contribution in [3.63, 3.8) is 0 Å². The Hall–Kier alpha value is -2.03. The van der Waals surface area contributed by atoms with Crippen LogP contribution < -0.4 is 14.8 Å². The molecule has 2 heterocycles. The lowest BCUT2D eigenvalue weighted by atomic mass is 9.92. The van der Waals surface area contributed by atoms with Gasteiger partial charge in [-0.25, -0.2) is 4.98 Å². The van der Waals surface area contributed by atoms with Crippen LogP contribution in [0.2, 0.25) is 0 Å². The van der Waals surface area contributed by atoms with E-state index in [2.05, 4.69) is 26.9 Å². The van der Waals surface area contributed by atoms with E-state index in [-0.39, 0.29) is 24.4 Å². The van der Waals surface area contributed by atoms with Crippen LogP contribution in [0.25, 0.3) is 0 Å². The number of ether oxygens (including phenoxy) is 2. The fraction of sp³-hybridized carbons (Fsp3) is 0.647. The highest BCUT2D eigenvalue weighted by molar-refractivity contribution is 5.82. The summed E-state index contributed by atoms with van der Waals surface area (Å²) in [5.74, 6) is -0.746. The molecule has 2 atom stereocenters. The van der Waals surface area contributed by atoms with Gasteiger partial charge in [-0.1, -0.05) is 6.92 Å². The molecule has 1 aliphatic rings. The van der Waals surface area contributed by atoms with Crippen molar-refractivity contribution in [2.24, 2.45) is 11.3 Å². The highest BCUT2D eigenvalue weighted by Gasteiger charge is 2.36. The first-order chi connectivity index (χ1) is 12.0. The minimum absolute atomic E-state index is 0.0331. The molecule has 1 N–H and O–H groups in total. The maximum absolute atomic E-state index is 12.6. The summed E-state index contributed by atoms with van der Waals surface area (Å²) in [6.07, 6.45) is -3.56.